The van der Waals surface area contributed by atoms with Crippen LogP contribution in [0.3, 0.4) is 0 Å². The number of amidine groups is 1. The number of hydrogen-bond donors (Lipinski definition) is 2. The van der Waals surface area contributed by atoms with Crippen LogP contribution in [0.25, 0.3) is 0 Å². The van der Waals surface area contributed by atoms with Crippen LogP contribution in [-0.4, -0.2) is 17.9 Å². The summed E-state index contributed by atoms with van der Waals surface area (Å²) in [7, 11) is 0. The van der Waals surface area contributed by atoms with E-state index in [4.69, 9.17) is 11.1 Å². The smallest absolute Gasteiger partial charge is 0.159 e. The standard InChI is InChI=1S/C10H10N2O2/c1-6(14)7-2-3-8(5-13)9(4-7)10(11)12/h2-5H,1H3,(H3,11,12). The summed E-state index contributed by atoms with van der Waals surface area (Å²) < 4.78 is 0. The number of carbonyl (C=O) groups excluding carboxylic acids is 2. The van der Waals surface area contributed by atoms with Gasteiger partial charge in [0.2, 0.25) is 0 Å². The molecule has 0 heterocycles. The molecule has 0 aliphatic heterocycles. The third-order valence-electron chi connectivity index (χ3n) is 1.88. The molecule has 0 unspecified atom stereocenters. The van der Waals surface area contributed by atoms with E-state index in [0.29, 0.717) is 23.0 Å². The second kappa shape index (κ2) is 3.83. The van der Waals surface area contributed by atoms with E-state index in [1.165, 1.54) is 19.1 Å². The second-order valence-electron chi connectivity index (χ2n) is 2.89. The molecular weight excluding hydrogens is 180 g/mol. The summed E-state index contributed by atoms with van der Waals surface area (Å²) in [6.07, 6.45) is 0.612. The number of carbonyl (C=O) groups is 2. The van der Waals surface area contributed by atoms with Crippen molar-refractivity contribution in [3.63, 3.8) is 0 Å². The number of hydrogen-bond acceptors (Lipinski definition) is 3. The van der Waals surface area contributed by atoms with E-state index in [-0.39, 0.29) is 11.6 Å². The van der Waals surface area contributed by atoms with Crippen LogP contribution in [0.1, 0.15) is 33.2 Å². The topological polar surface area (TPSA) is 84.0 Å². The summed E-state index contributed by atoms with van der Waals surface area (Å²) in [5.41, 5.74) is 6.34. The summed E-state index contributed by atoms with van der Waals surface area (Å²) in [5, 5.41) is 7.22. The van der Waals surface area contributed by atoms with Crippen molar-refractivity contribution in [1.82, 2.24) is 0 Å². The molecule has 0 spiro atoms. The lowest BCUT2D eigenvalue weighted by molar-refractivity contribution is 0.101. The molecule has 72 valence electrons. The van der Waals surface area contributed by atoms with Crippen LogP contribution in [0.5, 0.6) is 0 Å². The number of nitrogens with two attached hydrogens (primary N) is 1. The minimum absolute atomic E-state index is 0.120. The van der Waals surface area contributed by atoms with Gasteiger partial charge in [-0.3, -0.25) is 15.0 Å². The third kappa shape index (κ3) is 1.85. The highest BCUT2D eigenvalue weighted by atomic mass is 16.1. The predicted molar refractivity (Wildman–Crippen MR) is 52.9 cm³/mol. The third-order valence-corrected chi connectivity index (χ3v) is 1.88. The SMILES string of the molecule is CC(=O)c1ccc(C=O)c(C(=N)N)c1. The van der Waals surface area contributed by atoms with Crippen molar-refractivity contribution in [1.29, 1.82) is 5.41 Å². The van der Waals surface area contributed by atoms with E-state index in [0.717, 1.165) is 0 Å². The van der Waals surface area contributed by atoms with E-state index in [9.17, 15) is 9.59 Å². The molecule has 0 bridgehead atoms. The minimum Gasteiger partial charge on any atom is -0.384 e. The molecule has 0 aromatic heterocycles. The molecular formula is C10H10N2O2. The van der Waals surface area contributed by atoms with E-state index in [1.54, 1.807) is 6.07 Å². The lowest BCUT2D eigenvalue weighted by Gasteiger charge is -2.03. The Morgan fingerprint density at radius 1 is 1.50 bits per heavy atom. The predicted octanol–water partition coefficient (Wildman–Crippen LogP) is 0.986. The van der Waals surface area contributed by atoms with Gasteiger partial charge < -0.3 is 5.73 Å². The van der Waals surface area contributed by atoms with Gasteiger partial charge in [0.25, 0.3) is 0 Å². The normalized spacial score (nSPS) is 9.50. The van der Waals surface area contributed by atoms with Crippen molar-refractivity contribution in [2.45, 2.75) is 6.92 Å². The van der Waals surface area contributed by atoms with E-state index in [2.05, 4.69) is 0 Å². The Labute approximate surface area is 81.2 Å². The molecule has 0 fully saturated rings. The molecule has 1 aromatic rings. The van der Waals surface area contributed by atoms with Gasteiger partial charge in [-0.05, 0) is 13.0 Å². The summed E-state index contributed by atoms with van der Waals surface area (Å²) >= 11 is 0. The number of Topliss-reactive ketones (excluding diaryl/α,β-unsaturated/α-hetero) is 1. The number of benzene rings is 1. The maximum absolute atomic E-state index is 11.0. The van der Waals surface area contributed by atoms with Crippen LogP contribution in [0.2, 0.25) is 0 Å². The first-order chi connectivity index (χ1) is 6.56. The van der Waals surface area contributed by atoms with Crippen molar-refractivity contribution in [3.05, 3.63) is 34.9 Å². The Kier molecular flexibility index (Phi) is 2.76. The lowest BCUT2D eigenvalue weighted by Crippen LogP contribution is -2.14. The van der Waals surface area contributed by atoms with Gasteiger partial charge >= 0.3 is 0 Å². The fourth-order valence-corrected chi connectivity index (χ4v) is 1.11. The Balaban J connectivity index is 3.34. The maximum atomic E-state index is 11.0. The zero-order chi connectivity index (χ0) is 10.7. The molecule has 0 radical (unpaired) electrons. The van der Waals surface area contributed by atoms with Crippen molar-refractivity contribution in [3.8, 4) is 0 Å². The number of nitrogens with one attached hydrogen (secondary N) is 1. The minimum atomic E-state index is -0.213. The first-order valence-electron chi connectivity index (χ1n) is 4.01. The Morgan fingerprint density at radius 3 is 2.57 bits per heavy atom. The van der Waals surface area contributed by atoms with Gasteiger partial charge in [0.15, 0.2) is 12.1 Å². The van der Waals surface area contributed by atoms with E-state index < -0.39 is 0 Å². The summed E-state index contributed by atoms with van der Waals surface area (Å²) in [6.45, 7) is 1.42. The number of aldehydes is 1. The van der Waals surface area contributed by atoms with Crippen LogP contribution >= 0.6 is 0 Å². The first kappa shape index (κ1) is 10.1. The summed E-state index contributed by atoms with van der Waals surface area (Å²) in [5.74, 6) is -0.333. The van der Waals surface area contributed by atoms with Crippen molar-refractivity contribution in [2.75, 3.05) is 0 Å². The Bertz CT molecular complexity index is 411. The number of rotatable bonds is 3. The number of nitrogen functional groups attached to an aromatic ring is 1. The highest BCUT2D eigenvalue weighted by molar-refractivity contribution is 6.05. The van der Waals surface area contributed by atoms with Crippen molar-refractivity contribution in [2.24, 2.45) is 5.73 Å². The van der Waals surface area contributed by atoms with Crippen molar-refractivity contribution < 1.29 is 9.59 Å². The molecule has 4 heteroatoms. The fraction of sp³-hybridized carbons (Fsp3) is 0.100. The Morgan fingerprint density at radius 2 is 2.14 bits per heavy atom. The Hall–Kier alpha value is -1.97. The maximum Gasteiger partial charge on any atom is 0.159 e. The monoisotopic (exact) mass is 190 g/mol. The van der Waals surface area contributed by atoms with Crippen LogP contribution < -0.4 is 5.73 Å². The molecule has 4 nitrogen and oxygen atoms in total. The van der Waals surface area contributed by atoms with Crippen LogP contribution in [0.4, 0.5) is 0 Å². The quantitative estimate of drug-likeness (QED) is 0.322. The largest absolute Gasteiger partial charge is 0.384 e. The molecule has 0 aliphatic carbocycles. The van der Waals surface area contributed by atoms with Gasteiger partial charge in [0, 0.05) is 16.7 Å². The van der Waals surface area contributed by atoms with Gasteiger partial charge in [-0.15, -0.1) is 0 Å². The van der Waals surface area contributed by atoms with Crippen molar-refractivity contribution >= 4 is 17.9 Å². The molecule has 3 N–H and O–H groups in total. The molecule has 1 rings (SSSR count). The van der Waals surface area contributed by atoms with Gasteiger partial charge in [-0.25, -0.2) is 0 Å². The molecule has 0 aliphatic rings. The van der Waals surface area contributed by atoms with Gasteiger partial charge in [-0.1, -0.05) is 12.1 Å². The van der Waals surface area contributed by atoms with E-state index >= 15 is 0 Å². The zero-order valence-corrected chi connectivity index (χ0v) is 7.70. The average Bonchev–Trinajstić information content (AvgIpc) is 2.16. The molecule has 0 saturated carbocycles. The van der Waals surface area contributed by atoms with E-state index in [1.807, 2.05) is 0 Å². The lowest BCUT2D eigenvalue weighted by atomic mass is 10.0. The molecule has 0 amide bonds. The molecule has 1 aromatic carbocycles. The molecule has 14 heavy (non-hydrogen) atoms. The fourth-order valence-electron chi connectivity index (χ4n) is 1.11. The highest BCUT2D eigenvalue weighted by Gasteiger charge is 2.07. The van der Waals surface area contributed by atoms with Gasteiger partial charge in [0.05, 0.1) is 0 Å². The van der Waals surface area contributed by atoms with Gasteiger partial charge in [0.1, 0.15) is 5.84 Å². The van der Waals surface area contributed by atoms with Gasteiger partial charge in [-0.2, -0.15) is 0 Å². The summed E-state index contributed by atoms with van der Waals surface area (Å²) in [6, 6.07) is 4.48. The van der Waals surface area contributed by atoms with Crippen LogP contribution in [-0.2, 0) is 0 Å². The molecule has 0 atom stereocenters. The first-order valence-corrected chi connectivity index (χ1v) is 4.01. The van der Waals surface area contributed by atoms with Crippen LogP contribution in [0, 0.1) is 5.41 Å². The summed E-state index contributed by atoms with van der Waals surface area (Å²) in [4.78, 5) is 21.6. The second-order valence-corrected chi connectivity index (χ2v) is 2.89. The average molecular weight is 190 g/mol. The zero-order valence-electron chi connectivity index (χ0n) is 7.70. The number of ketones is 1. The van der Waals surface area contributed by atoms with Crippen LogP contribution in [0.15, 0.2) is 18.2 Å². The molecule has 0 saturated heterocycles. The highest BCUT2D eigenvalue weighted by Crippen LogP contribution is 2.10.